The zero-order chi connectivity index (χ0) is 21.0. The summed E-state index contributed by atoms with van der Waals surface area (Å²) in [4.78, 5) is 24.8. The van der Waals surface area contributed by atoms with Crippen molar-refractivity contribution in [1.82, 2.24) is 9.78 Å². The van der Waals surface area contributed by atoms with Gasteiger partial charge in [-0.3, -0.25) is 9.48 Å². The zero-order valence-corrected chi connectivity index (χ0v) is 16.4. The van der Waals surface area contributed by atoms with Crippen LogP contribution in [0.5, 0.6) is 5.75 Å². The summed E-state index contributed by atoms with van der Waals surface area (Å²) in [7, 11) is 1.34. The van der Waals surface area contributed by atoms with Gasteiger partial charge >= 0.3 is 5.97 Å². The lowest BCUT2D eigenvalue weighted by Crippen LogP contribution is -2.16. The van der Waals surface area contributed by atoms with Gasteiger partial charge in [0.25, 0.3) is 0 Å². The molecule has 0 aliphatic heterocycles. The molecule has 0 radical (unpaired) electrons. The van der Waals surface area contributed by atoms with Crippen LogP contribution in [-0.2, 0) is 11.3 Å². The van der Waals surface area contributed by atoms with Crippen LogP contribution in [0.15, 0.2) is 48.5 Å². The summed E-state index contributed by atoms with van der Waals surface area (Å²) < 4.78 is 25.5. The molecule has 6 nitrogen and oxygen atoms in total. The molecule has 1 heterocycles. The van der Waals surface area contributed by atoms with Gasteiger partial charge in [0.05, 0.1) is 25.0 Å². The molecule has 3 rings (SSSR count). The molecule has 0 amide bonds. The quantitative estimate of drug-likeness (QED) is 0.450. The molecular formula is C22H21FN2O4. The van der Waals surface area contributed by atoms with E-state index in [4.69, 9.17) is 9.47 Å². The summed E-state index contributed by atoms with van der Waals surface area (Å²) in [6.07, 6.45) is 0. The number of rotatable bonds is 7. The van der Waals surface area contributed by atoms with Crippen LogP contribution in [-0.4, -0.2) is 35.2 Å². The van der Waals surface area contributed by atoms with Crippen molar-refractivity contribution < 1.29 is 23.5 Å². The SMILES string of the molecule is COc1ccc(C(=O)COC(=O)c2c(C)nn(Cc3ccccc3)c2C)cc1F. The first-order valence-electron chi connectivity index (χ1n) is 9.02. The molecule has 0 fully saturated rings. The summed E-state index contributed by atoms with van der Waals surface area (Å²) in [6.45, 7) is 3.52. The number of hydrogen-bond acceptors (Lipinski definition) is 5. The van der Waals surface area contributed by atoms with Gasteiger partial charge in [-0.25, -0.2) is 9.18 Å². The maximum atomic E-state index is 13.8. The van der Waals surface area contributed by atoms with Crippen molar-refractivity contribution in [2.75, 3.05) is 13.7 Å². The van der Waals surface area contributed by atoms with Crippen molar-refractivity contribution >= 4 is 11.8 Å². The second-order valence-electron chi connectivity index (χ2n) is 6.54. The van der Waals surface area contributed by atoms with Gasteiger partial charge in [0.2, 0.25) is 0 Å². The summed E-state index contributed by atoms with van der Waals surface area (Å²) in [5, 5.41) is 4.41. The third-order valence-electron chi connectivity index (χ3n) is 4.57. The summed E-state index contributed by atoms with van der Waals surface area (Å²) >= 11 is 0. The molecule has 0 unspecified atom stereocenters. The Balaban J connectivity index is 1.69. The van der Waals surface area contributed by atoms with E-state index >= 15 is 0 Å². The fourth-order valence-electron chi connectivity index (χ4n) is 3.03. The maximum absolute atomic E-state index is 13.8. The second kappa shape index (κ2) is 8.68. The van der Waals surface area contributed by atoms with Gasteiger partial charge in [-0.1, -0.05) is 30.3 Å². The highest BCUT2D eigenvalue weighted by Gasteiger charge is 2.21. The number of aryl methyl sites for hydroxylation is 1. The highest BCUT2D eigenvalue weighted by molar-refractivity contribution is 5.99. The third-order valence-corrected chi connectivity index (χ3v) is 4.57. The van der Waals surface area contributed by atoms with Crippen LogP contribution in [0.4, 0.5) is 4.39 Å². The Bertz CT molecular complexity index is 1040. The summed E-state index contributed by atoms with van der Waals surface area (Å²) in [5.41, 5.74) is 2.65. The van der Waals surface area contributed by atoms with E-state index in [2.05, 4.69) is 5.10 Å². The van der Waals surface area contributed by atoms with Crippen molar-refractivity contribution in [3.05, 3.63) is 82.4 Å². The number of Topliss-reactive ketones (excluding diaryl/α,β-unsaturated/α-hetero) is 1. The smallest absolute Gasteiger partial charge is 0.342 e. The van der Waals surface area contributed by atoms with Gasteiger partial charge in [-0.2, -0.15) is 5.10 Å². The average molecular weight is 396 g/mol. The van der Waals surface area contributed by atoms with Crippen LogP contribution in [0, 0.1) is 19.7 Å². The monoisotopic (exact) mass is 396 g/mol. The molecule has 3 aromatic rings. The molecule has 150 valence electrons. The predicted octanol–water partition coefficient (Wildman–Crippen LogP) is 3.74. The van der Waals surface area contributed by atoms with Crippen molar-refractivity contribution in [1.29, 1.82) is 0 Å². The molecule has 7 heteroatoms. The number of hydrogen-bond donors (Lipinski definition) is 0. The van der Waals surface area contributed by atoms with Gasteiger partial charge in [0.1, 0.15) is 5.56 Å². The number of ether oxygens (including phenoxy) is 2. The Hall–Kier alpha value is -3.48. The summed E-state index contributed by atoms with van der Waals surface area (Å²) in [5.74, 6) is -1.76. The number of esters is 1. The van der Waals surface area contributed by atoms with Crippen LogP contribution in [0.3, 0.4) is 0 Å². The first kappa shape index (κ1) is 20.3. The Labute approximate surface area is 167 Å². The van der Waals surface area contributed by atoms with Crippen LogP contribution in [0.25, 0.3) is 0 Å². The average Bonchev–Trinajstić information content (AvgIpc) is 2.99. The topological polar surface area (TPSA) is 70.4 Å². The normalized spacial score (nSPS) is 10.6. The molecule has 0 saturated heterocycles. The minimum Gasteiger partial charge on any atom is -0.494 e. The van der Waals surface area contributed by atoms with Gasteiger partial charge in [0.15, 0.2) is 24.0 Å². The number of aromatic nitrogens is 2. The number of carbonyl (C=O) groups excluding carboxylic acids is 2. The Morgan fingerprint density at radius 2 is 1.83 bits per heavy atom. The molecule has 0 atom stereocenters. The van der Waals surface area contributed by atoms with Gasteiger partial charge in [-0.05, 0) is 37.6 Å². The lowest BCUT2D eigenvalue weighted by Gasteiger charge is -2.07. The van der Waals surface area contributed by atoms with E-state index in [1.807, 2.05) is 30.3 Å². The van der Waals surface area contributed by atoms with E-state index in [0.717, 1.165) is 11.6 Å². The van der Waals surface area contributed by atoms with Crippen LogP contribution in [0.1, 0.15) is 37.7 Å². The fourth-order valence-corrected chi connectivity index (χ4v) is 3.03. The Morgan fingerprint density at radius 1 is 1.10 bits per heavy atom. The van der Waals surface area contributed by atoms with Gasteiger partial charge in [-0.15, -0.1) is 0 Å². The van der Waals surface area contributed by atoms with E-state index in [1.165, 1.54) is 19.2 Å². The molecule has 0 N–H and O–H groups in total. The number of benzene rings is 2. The number of halogens is 1. The van der Waals surface area contributed by atoms with Crippen molar-refractivity contribution in [3.63, 3.8) is 0 Å². The number of ketones is 1. The highest BCUT2D eigenvalue weighted by atomic mass is 19.1. The molecule has 0 aliphatic rings. The molecule has 1 aromatic heterocycles. The third kappa shape index (κ3) is 4.51. The first-order chi connectivity index (χ1) is 13.9. The van der Waals surface area contributed by atoms with E-state index in [9.17, 15) is 14.0 Å². The standard InChI is InChI=1S/C22H21FN2O4/c1-14-21(15(2)25(24-14)12-16-7-5-4-6-8-16)22(27)29-13-19(26)17-9-10-20(28-3)18(23)11-17/h4-11H,12-13H2,1-3H3. The highest BCUT2D eigenvalue weighted by Crippen LogP contribution is 2.19. The Kier molecular flexibility index (Phi) is 6.07. The number of carbonyl (C=O) groups is 2. The lowest BCUT2D eigenvalue weighted by molar-refractivity contribution is 0.0473. The van der Waals surface area contributed by atoms with Gasteiger partial charge < -0.3 is 9.47 Å². The molecule has 0 aliphatic carbocycles. The zero-order valence-electron chi connectivity index (χ0n) is 16.4. The molecule has 0 spiro atoms. The molecule has 2 aromatic carbocycles. The first-order valence-corrected chi connectivity index (χ1v) is 9.02. The van der Waals surface area contributed by atoms with E-state index in [-0.39, 0.29) is 11.3 Å². The van der Waals surface area contributed by atoms with Crippen LogP contribution >= 0.6 is 0 Å². The van der Waals surface area contributed by atoms with E-state index in [0.29, 0.717) is 23.5 Å². The number of nitrogens with zero attached hydrogens (tertiary/aromatic N) is 2. The van der Waals surface area contributed by atoms with Crippen molar-refractivity contribution in [2.45, 2.75) is 20.4 Å². The van der Waals surface area contributed by atoms with Crippen molar-refractivity contribution in [2.24, 2.45) is 0 Å². The lowest BCUT2D eigenvalue weighted by atomic mass is 10.1. The molecule has 29 heavy (non-hydrogen) atoms. The maximum Gasteiger partial charge on any atom is 0.342 e. The van der Waals surface area contributed by atoms with E-state index < -0.39 is 24.2 Å². The molecule has 0 bridgehead atoms. The number of methoxy groups -OCH3 is 1. The van der Waals surface area contributed by atoms with Crippen LogP contribution < -0.4 is 4.74 Å². The van der Waals surface area contributed by atoms with Gasteiger partial charge in [0, 0.05) is 5.56 Å². The second-order valence-corrected chi connectivity index (χ2v) is 6.54. The van der Waals surface area contributed by atoms with Crippen molar-refractivity contribution in [3.8, 4) is 5.75 Å². The fraction of sp³-hybridized carbons (Fsp3) is 0.227. The minimum absolute atomic E-state index is 0.0376. The largest absolute Gasteiger partial charge is 0.494 e. The van der Waals surface area contributed by atoms with E-state index in [1.54, 1.807) is 18.5 Å². The molecule has 0 saturated carbocycles. The summed E-state index contributed by atoms with van der Waals surface area (Å²) in [6, 6.07) is 13.6. The van der Waals surface area contributed by atoms with Crippen LogP contribution in [0.2, 0.25) is 0 Å². The molecular weight excluding hydrogens is 375 g/mol. The predicted molar refractivity (Wildman–Crippen MR) is 105 cm³/mol. The minimum atomic E-state index is -0.654. The Morgan fingerprint density at radius 3 is 2.48 bits per heavy atom.